The number of hydrogen-bond donors (Lipinski definition) is 0. The normalized spacial score (nSPS) is 11.4. The van der Waals surface area contributed by atoms with E-state index in [0.29, 0.717) is 0 Å². The van der Waals surface area contributed by atoms with Crippen molar-refractivity contribution in [2.75, 3.05) is 13.2 Å². The molecule has 0 N–H and O–H groups in total. The Morgan fingerprint density at radius 1 is 0.821 bits per heavy atom. The molecule has 0 amide bonds. The summed E-state index contributed by atoms with van der Waals surface area (Å²) in [4.78, 5) is 45.8. The lowest BCUT2D eigenvalue weighted by Gasteiger charge is -2.18. The van der Waals surface area contributed by atoms with Gasteiger partial charge in [-0.3, -0.25) is 19.2 Å². The molecule has 0 spiro atoms. The van der Waals surface area contributed by atoms with Crippen LogP contribution in [0.25, 0.3) is 0 Å². The fourth-order valence-corrected chi connectivity index (χ4v) is 2.21. The quantitative estimate of drug-likeness (QED) is 0.415. The maximum absolute atomic E-state index is 12.1. The molecule has 1 aromatic rings. The van der Waals surface area contributed by atoms with E-state index in [9.17, 15) is 19.2 Å². The van der Waals surface area contributed by atoms with E-state index in [4.69, 9.17) is 18.9 Å². The van der Waals surface area contributed by atoms with Crippen LogP contribution in [0.1, 0.15) is 39.2 Å². The third-order valence-electron chi connectivity index (χ3n) is 3.52. The van der Waals surface area contributed by atoms with Crippen LogP contribution < -0.4 is 0 Å². The molecule has 0 fully saturated rings. The van der Waals surface area contributed by atoms with Gasteiger partial charge in [0.2, 0.25) is 0 Å². The van der Waals surface area contributed by atoms with Gasteiger partial charge in [-0.1, -0.05) is 37.3 Å². The van der Waals surface area contributed by atoms with Gasteiger partial charge in [0.1, 0.15) is 19.8 Å². The smallest absolute Gasteiger partial charge is 0.306 e. The van der Waals surface area contributed by atoms with E-state index in [-0.39, 0.29) is 38.6 Å². The van der Waals surface area contributed by atoms with E-state index in [1.807, 2.05) is 30.3 Å². The number of hydrogen-bond acceptors (Lipinski definition) is 8. The van der Waals surface area contributed by atoms with Gasteiger partial charge in [0, 0.05) is 26.7 Å². The van der Waals surface area contributed by atoms with Gasteiger partial charge in [0.15, 0.2) is 6.10 Å². The fourth-order valence-electron chi connectivity index (χ4n) is 2.21. The summed E-state index contributed by atoms with van der Waals surface area (Å²) >= 11 is 0. The second-order valence-electron chi connectivity index (χ2n) is 6.38. The van der Waals surface area contributed by atoms with Gasteiger partial charge in [-0.25, -0.2) is 0 Å². The van der Waals surface area contributed by atoms with Crippen molar-refractivity contribution in [2.45, 2.75) is 46.3 Å². The highest BCUT2D eigenvalue weighted by Gasteiger charge is 2.21. The predicted octanol–water partition coefficient (Wildman–Crippen LogP) is 2.18. The lowest BCUT2D eigenvalue weighted by molar-refractivity contribution is -0.166. The highest BCUT2D eigenvalue weighted by Crippen LogP contribution is 2.12. The Bertz CT molecular complexity index is 637. The molecule has 1 atom stereocenters. The fraction of sp³-hybridized carbons (Fsp3) is 0.500. The Hall–Kier alpha value is -2.90. The molecular weight excluding hydrogens is 368 g/mol. The number of benzene rings is 1. The van der Waals surface area contributed by atoms with Crippen molar-refractivity contribution >= 4 is 23.9 Å². The molecule has 1 rings (SSSR count). The molecule has 0 aliphatic carbocycles. The Morgan fingerprint density at radius 2 is 1.36 bits per heavy atom. The van der Waals surface area contributed by atoms with Crippen molar-refractivity contribution in [3.8, 4) is 0 Å². The van der Waals surface area contributed by atoms with E-state index in [1.54, 1.807) is 6.92 Å². The summed E-state index contributed by atoms with van der Waals surface area (Å²) in [7, 11) is 0. The van der Waals surface area contributed by atoms with Crippen LogP contribution in [0.3, 0.4) is 0 Å². The molecule has 1 aromatic carbocycles. The summed E-state index contributed by atoms with van der Waals surface area (Å²) in [6.07, 6.45) is -0.880. The molecular formula is C20H26O8. The highest BCUT2D eigenvalue weighted by atomic mass is 16.6. The maximum Gasteiger partial charge on any atom is 0.306 e. The molecule has 0 saturated carbocycles. The average Bonchev–Trinajstić information content (AvgIpc) is 2.62. The predicted molar refractivity (Wildman–Crippen MR) is 97.8 cm³/mol. The Labute approximate surface area is 164 Å². The largest absolute Gasteiger partial charge is 0.462 e. The topological polar surface area (TPSA) is 105 Å². The van der Waals surface area contributed by atoms with E-state index in [1.165, 1.54) is 13.8 Å². The van der Waals surface area contributed by atoms with Gasteiger partial charge < -0.3 is 18.9 Å². The standard InChI is InChI=1S/C20H26O8/c1-14(9-19(23)27-11-17-7-5-4-6-8-17)10-20(24)28-18(12-25-15(2)21)13-26-16(3)22/h4-8,14,18H,9-13H2,1-3H3. The molecule has 28 heavy (non-hydrogen) atoms. The first-order valence-electron chi connectivity index (χ1n) is 8.92. The third-order valence-corrected chi connectivity index (χ3v) is 3.52. The van der Waals surface area contributed by atoms with Gasteiger partial charge in [0.25, 0.3) is 0 Å². The lowest BCUT2D eigenvalue weighted by Crippen LogP contribution is -2.30. The maximum atomic E-state index is 12.1. The first kappa shape index (κ1) is 23.1. The van der Waals surface area contributed by atoms with Crippen molar-refractivity contribution in [3.05, 3.63) is 35.9 Å². The Morgan fingerprint density at radius 3 is 1.89 bits per heavy atom. The molecule has 0 saturated heterocycles. The summed E-state index contributed by atoms with van der Waals surface area (Å²) in [6.45, 7) is 3.88. The van der Waals surface area contributed by atoms with Crippen LogP contribution in [-0.2, 0) is 44.7 Å². The van der Waals surface area contributed by atoms with E-state index in [0.717, 1.165) is 5.56 Å². The van der Waals surface area contributed by atoms with Gasteiger partial charge in [-0.05, 0) is 11.5 Å². The van der Waals surface area contributed by atoms with E-state index in [2.05, 4.69) is 0 Å². The summed E-state index contributed by atoms with van der Waals surface area (Å²) in [5, 5.41) is 0. The van der Waals surface area contributed by atoms with Crippen molar-refractivity contribution in [2.24, 2.45) is 5.92 Å². The SMILES string of the molecule is CC(=O)OCC(COC(C)=O)OC(=O)CC(C)CC(=O)OCc1ccccc1. The van der Waals surface area contributed by atoms with Crippen LogP contribution in [0.2, 0.25) is 0 Å². The van der Waals surface area contributed by atoms with Crippen molar-refractivity contribution in [1.29, 1.82) is 0 Å². The second-order valence-corrected chi connectivity index (χ2v) is 6.38. The molecule has 0 radical (unpaired) electrons. The number of carbonyl (C=O) groups excluding carboxylic acids is 4. The van der Waals surface area contributed by atoms with Crippen LogP contribution in [0.5, 0.6) is 0 Å². The highest BCUT2D eigenvalue weighted by molar-refractivity contribution is 5.73. The molecule has 1 unspecified atom stereocenters. The Balaban J connectivity index is 2.39. The molecule has 0 bridgehead atoms. The first-order chi connectivity index (χ1) is 13.3. The van der Waals surface area contributed by atoms with Crippen molar-refractivity contribution < 1.29 is 38.1 Å². The van der Waals surface area contributed by atoms with E-state index >= 15 is 0 Å². The molecule has 8 heteroatoms. The molecule has 154 valence electrons. The Kier molecular flexibility index (Phi) is 10.3. The molecule has 8 nitrogen and oxygen atoms in total. The second kappa shape index (κ2) is 12.5. The average molecular weight is 394 g/mol. The minimum atomic E-state index is -0.905. The lowest BCUT2D eigenvalue weighted by atomic mass is 10.0. The zero-order chi connectivity index (χ0) is 20.9. The summed E-state index contributed by atoms with van der Waals surface area (Å²) in [6, 6.07) is 9.27. The van der Waals surface area contributed by atoms with Gasteiger partial charge in [0.05, 0.1) is 0 Å². The van der Waals surface area contributed by atoms with Crippen molar-refractivity contribution in [1.82, 2.24) is 0 Å². The van der Waals surface area contributed by atoms with Gasteiger partial charge >= 0.3 is 23.9 Å². The van der Waals surface area contributed by atoms with Gasteiger partial charge in [-0.15, -0.1) is 0 Å². The number of esters is 4. The molecule has 0 heterocycles. The van der Waals surface area contributed by atoms with Crippen LogP contribution in [0.4, 0.5) is 0 Å². The monoisotopic (exact) mass is 394 g/mol. The molecule has 0 aliphatic heterocycles. The number of carbonyl (C=O) groups is 4. The third kappa shape index (κ3) is 10.9. The summed E-state index contributed by atoms with van der Waals surface area (Å²) in [5.74, 6) is -2.40. The van der Waals surface area contributed by atoms with Crippen LogP contribution in [-0.4, -0.2) is 43.2 Å². The van der Waals surface area contributed by atoms with Crippen LogP contribution in [0, 0.1) is 5.92 Å². The van der Waals surface area contributed by atoms with E-state index < -0.39 is 30.0 Å². The van der Waals surface area contributed by atoms with Crippen LogP contribution in [0.15, 0.2) is 30.3 Å². The van der Waals surface area contributed by atoms with Gasteiger partial charge in [-0.2, -0.15) is 0 Å². The summed E-state index contributed by atoms with van der Waals surface area (Å²) < 4.78 is 20.0. The zero-order valence-electron chi connectivity index (χ0n) is 16.3. The van der Waals surface area contributed by atoms with Crippen molar-refractivity contribution in [3.63, 3.8) is 0 Å². The number of ether oxygens (including phenoxy) is 4. The minimum absolute atomic E-state index is 0.0307. The first-order valence-corrected chi connectivity index (χ1v) is 8.92. The molecule has 0 aliphatic rings. The number of rotatable bonds is 11. The zero-order valence-corrected chi connectivity index (χ0v) is 16.3. The van der Waals surface area contributed by atoms with Crippen LogP contribution >= 0.6 is 0 Å². The summed E-state index contributed by atoms with van der Waals surface area (Å²) in [5.41, 5.74) is 0.877. The molecule has 0 aromatic heterocycles. The minimum Gasteiger partial charge on any atom is -0.462 e.